The van der Waals surface area contributed by atoms with Crippen molar-refractivity contribution < 1.29 is 9.47 Å². The Morgan fingerprint density at radius 1 is 0.565 bits per heavy atom. The van der Waals surface area contributed by atoms with E-state index in [0.717, 1.165) is 44.8 Å². The summed E-state index contributed by atoms with van der Waals surface area (Å²) in [5, 5.41) is 0. The molecule has 0 aliphatic rings. The molecular weight excluding hydrogens is 692 g/mol. The van der Waals surface area contributed by atoms with Crippen molar-refractivity contribution in [2.24, 2.45) is 0 Å². The molecule has 0 heterocycles. The Morgan fingerprint density at radius 3 is 1.17 bits per heavy atom. The van der Waals surface area contributed by atoms with Crippen LogP contribution in [0.1, 0.15) is 6.42 Å². The van der Waals surface area contributed by atoms with Crippen molar-refractivity contribution in [2.45, 2.75) is 6.42 Å². The molecule has 124 valence electrons. The summed E-state index contributed by atoms with van der Waals surface area (Å²) in [6.07, 6.45) is 0.768. The van der Waals surface area contributed by atoms with Crippen molar-refractivity contribution in [1.29, 1.82) is 0 Å². The molecule has 0 amide bonds. The van der Waals surface area contributed by atoms with Gasteiger partial charge in [-0.25, -0.2) is 0 Å². The fourth-order valence-corrected chi connectivity index (χ4v) is 6.72. The molecule has 0 atom stereocenters. The van der Waals surface area contributed by atoms with E-state index in [4.69, 9.17) is 9.47 Å². The summed E-state index contributed by atoms with van der Waals surface area (Å²) in [5.74, 6) is 1.58. The molecule has 2 nitrogen and oxygen atoms in total. The van der Waals surface area contributed by atoms with Gasteiger partial charge in [0.1, 0.15) is 11.5 Å². The van der Waals surface area contributed by atoms with Crippen LogP contribution in [0.2, 0.25) is 0 Å². The third-order valence-electron chi connectivity index (χ3n) is 2.71. The molecule has 0 saturated heterocycles. The predicted molar refractivity (Wildman–Crippen MR) is 115 cm³/mol. The van der Waals surface area contributed by atoms with Crippen LogP contribution in [0.3, 0.4) is 0 Å². The number of halogens is 6. The molecule has 0 N–H and O–H groups in total. The van der Waals surface area contributed by atoms with E-state index in [1.54, 1.807) is 0 Å². The molecular formula is C15H10Br6O2. The minimum Gasteiger partial charge on any atom is -0.491 e. The van der Waals surface area contributed by atoms with Gasteiger partial charge in [-0.2, -0.15) is 0 Å². The zero-order valence-electron chi connectivity index (χ0n) is 11.5. The van der Waals surface area contributed by atoms with E-state index in [-0.39, 0.29) is 0 Å². The first-order chi connectivity index (χ1) is 10.9. The van der Waals surface area contributed by atoms with Crippen LogP contribution in [0.25, 0.3) is 0 Å². The first kappa shape index (κ1) is 20.2. The van der Waals surface area contributed by atoms with Crippen LogP contribution in [0, 0.1) is 0 Å². The molecule has 0 spiro atoms. The maximum atomic E-state index is 5.81. The highest BCUT2D eigenvalue weighted by atomic mass is 79.9. The number of rotatable bonds is 6. The lowest BCUT2D eigenvalue weighted by molar-refractivity contribution is 0.244. The van der Waals surface area contributed by atoms with Crippen molar-refractivity contribution in [2.75, 3.05) is 13.2 Å². The normalized spacial score (nSPS) is 10.7. The fraction of sp³-hybridized carbons (Fsp3) is 0.200. The second kappa shape index (κ2) is 9.57. The van der Waals surface area contributed by atoms with Crippen LogP contribution in [0.15, 0.2) is 51.1 Å². The average molecular weight is 702 g/mol. The van der Waals surface area contributed by atoms with Crippen LogP contribution in [0.4, 0.5) is 0 Å². The van der Waals surface area contributed by atoms with E-state index in [2.05, 4.69) is 95.6 Å². The molecule has 0 aromatic heterocycles. The number of hydrogen-bond donors (Lipinski definition) is 0. The van der Waals surface area contributed by atoms with Crippen molar-refractivity contribution in [3.8, 4) is 11.5 Å². The lowest BCUT2D eigenvalue weighted by Crippen LogP contribution is -2.06. The minimum absolute atomic E-state index is 0.560. The van der Waals surface area contributed by atoms with Gasteiger partial charge in [-0.1, -0.05) is 31.9 Å². The molecule has 23 heavy (non-hydrogen) atoms. The van der Waals surface area contributed by atoms with E-state index in [1.165, 1.54) is 0 Å². The van der Waals surface area contributed by atoms with Gasteiger partial charge in [-0.15, -0.1) is 0 Å². The Balaban J connectivity index is 1.85. The molecule has 0 saturated carbocycles. The number of benzene rings is 2. The van der Waals surface area contributed by atoms with Crippen LogP contribution >= 0.6 is 95.6 Å². The average Bonchev–Trinajstić information content (AvgIpc) is 2.42. The molecule has 2 rings (SSSR count). The Morgan fingerprint density at radius 2 is 0.870 bits per heavy atom. The quantitative estimate of drug-likeness (QED) is 0.284. The number of hydrogen-bond acceptors (Lipinski definition) is 2. The van der Waals surface area contributed by atoms with Gasteiger partial charge < -0.3 is 9.47 Å². The van der Waals surface area contributed by atoms with E-state index in [1.807, 2.05) is 24.3 Å². The third-order valence-corrected chi connectivity index (χ3v) is 5.98. The SMILES string of the molecule is Brc1cc(Br)c(OCCCOc2c(Br)cc(Br)cc2Br)c(Br)c1. The highest BCUT2D eigenvalue weighted by Gasteiger charge is 2.10. The molecule has 8 heteroatoms. The Bertz CT molecular complexity index is 599. The summed E-state index contributed by atoms with van der Waals surface area (Å²) >= 11 is 20.9. The van der Waals surface area contributed by atoms with E-state index in [0.29, 0.717) is 13.2 Å². The topological polar surface area (TPSA) is 18.5 Å². The summed E-state index contributed by atoms with van der Waals surface area (Å²) < 4.78 is 17.2. The molecule has 0 fully saturated rings. The molecule has 0 unspecified atom stereocenters. The van der Waals surface area contributed by atoms with Crippen LogP contribution in [-0.4, -0.2) is 13.2 Å². The van der Waals surface area contributed by atoms with Gasteiger partial charge in [0, 0.05) is 15.4 Å². The van der Waals surface area contributed by atoms with Gasteiger partial charge in [0.15, 0.2) is 0 Å². The molecule has 0 aliphatic heterocycles. The first-order valence-corrected chi connectivity index (χ1v) is 11.2. The smallest absolute Gasteiger partial charge is 0.147 e. The lowest BCUT2D eigenvalue weighted by atomic mass is 10.3. The van der Waals surface area contributed by atoms with Gasteiger partial charge in [-0.3, -0.25) is 0 Å². The van der Waals surface area contributed by atoms with Crippen molar-refractivity contribution >= 4 is 95.6 Å². The maximum absolute atomic E-state index is 5.81. The summed E-state index contributed by atoms with van der Waals surface area (Å²) in [6, 6.07) is 7.80. The first-order valence-electron chi connectivity index (χ1n) is 6.43. The lowest BCUT2D eigenvalue weighted by Gasteiger charge is -2.13. The van der Waals surface area contributed by atoms with Gasteiger partial charge in [0.05, 0.1) is 31.1 Å². The third kappa shape index (κ3) is 5.99. The standard InChI is InChI=1S/C15H10Br6O2/c16-8-4-10(18)14(11(19)5-8)22-2-1-3-23-15-12(20)6-9(17)7-13(15)21/h4-7H,1-3H2. The fourth-order valence-electron chi connectivity index (χ4n) is 1.74. The monoisotopic (exact) mass is 696 g/mol. The molecule has 2 aromatic carbocycles. The van der Waals surface area contributed by atoms with Crippen LogP contribution < -0.4 is 9.47 Å². The van der Waals surface area contributed by atoms with E-state index < -0.39 is 0 Å². The highest BCUT2D eigenvalue weighted by Crippen LogP contribution is 2.37. The summed E-state index contributed by atoms with van der Waals surface area (Å²) in [4.78, 5) is 0. The molecule has 2 aromatic rings. The predicted octanol–water partition coefficient (Wildman–Crippen LogP) is 8.11. The molecule has 0 aliphatic carbocycles. The number of ether oxygens (including phenoxy) is 2. The van der Waals surface area contributed by atoms with Crippen molar-refractivity contribution in [3.05, 3.63) is 51.1 Å². The Kier molecular flexibility index (Phi) is 8.42. The van der Waals surface area contributed by atoms with Gasteiger partial charge in [0.25, 0.3) is 0 Å². The second-order valence-electron chi connectivity index (χ2n) is 4.45. The maximum Gasteiger partial charge on any atom is 0.147 e. The largest absolute Gasteiger partial charge is 0.491 e. The molecule has 0 radical (unpaired) electrons. The van der Waals surface area contributed by atoms with Gasteiger partial charge >= 0.3 is 0 Å². The van der Waals surface area contributed by atoms with Crippen molar-refractivity contribution in [3.63, 3.8) is 0 Å². The zero-order valence-corrected chi connectivity index (χ0v) is 21.0. The van der Waals surface area contributed by atoms with Gasteiger partial charge in [0.2, 0.25) is 0 Å². The van der Waals surface area contributed by atoms with Crippen LogP contribution in [0.5, 0.6) is 11.5 Å². The summed E-state index contributed by atoms with van der Waals surface area (Å²) in [7, 11) is 0. The minimum atomic E-state index is 0.560. The second-order valence-corrected chi connectivity index (χ2v) is 9.70. The van der Waals surface area contributed by atoms with Gasteiger partial charge in [-0.05, 0) is 88.0 Å². The van der Waals surface area contributed by atoms with E-state index >= 15 is 0 Å². The summed E-state index contributed by atoms with van der Waals surface area (Å²) in [5.41, 5.74) is 0. The van der Waals surface area contributed by atoms with Crippen LogP contribution in [-0.2, 0) is 0 Å². The zero-order chi connectivity index (χ0) is 17.0. The highest BCUT2D eigenvalue weighted by molar-refractivity contribution is 9.12. The Labute approximate surface area is 185 Å². The Hall–Kier alpha value is 0.920. The van der Waals surface area contributed by atoms with E-state index in [9.17, 15) is 0 Å². The van der Waals surface area contributed by atoms with Crippen molar-refractivity contribution in [1.82, 2.24) is 0 Å². The molecule has 0 bridgehead atoms. The summed E-state index contributed by atoms with van der Waals surface area (Å²) in [6.45, 7) is 1.12.